The van der Waals surface area contributed by atoms with E-state index in [-0.39, 0.29) is 0 Å². The molecule has 2 aromatic carbocycles. The Kier molecular flexibility index (Phi) is 5.66. The highest BCUT2D eigenvalue weighted by atomic mass is 32.2. The third-order valence-electron chi connectivity index (χ3n) is 6.07. The first kappa shape index (κ1) is 21.7. The summed E-state index contributed by atoms with van der Waals surface area (Å²) < 4.78 is 7.48. The minimum atomic E-state index is 0.444. The Bertz CT molecular complexity index is 1520. The van der Waals surface area contributed by atoms with Gasteiger partial charge in [0, 0.05) is 29.0 Å². The van der Waals surface area contributed by atoms with E-state index in [2.05, 4.69) is 74.8 Å². The molecule has 1 aliphatic carbocycles. The number of aromatic nitrogens is 6. The van der Waals surface area contributed by atoms with E-state index in [9.17, 15) is 0 Å². The van der Waals surface area contributed by atoms with Crippen LogP contribution in [0.25, 0.3) is 33.5 Å². The first-order valence-electron chi connectivity index (χ1n) is 11.7. The fraction of sp³-hybridized carbons (Fsp3) is 0.222. The van der Waals surface area contributed by atoms with E-state index in [4.69, 9.17) is 9.51 Å². The number of benzene rings is 2. The Morgan fingerprint density at radius 3 is 2.71 bits per heavy atom. The van der Waals surface area contributed by atoms with E-state index in [1.54, 1.807) is 11.8 Å². The molecule has 0 radical (unpaired) electrons. The number of para-hydroxylation sites is 1. The molecule has 0 atom stereocenters. The molecular weight excluding hydrogens is 456 g/mol. The summed E-state index contributed by atoms with van der Waals surface area (Å²) in [4.78, 5) is 9.47. The molecule has 1 aliphatic rings. The van der Waals surface area contributed by atoms with Gasteiger partial charge in [0.25, 0.3) is 0 Å². The second-order valence-electron chi connectivity index (χ2n) is 8.76. The SMILES string of the molecule is C=CCn1c(SCc2noc(C3CC3)n2)nnc1-c1cc(-c2ccc(C)cc2)nc2ccccc12. The van der Waals surface area contributed by atoms with Crippen molar-refractivity contribution >= 4 is 22.7 Å². The molecule has 0 spiro atoms. The molecule has 0 N–H and O–H groups in total. The van der Waals surface area contributed by atoms with E-state index in [1.807, 2.05) is 24.3 Å². The van der Waals surface area contributed by atoms with Gasteiger partial charge >= 0.3 is 0 Å². The van der Waals surface area contributed by atoms with Crippen LogP contribution in [0.5, 0.6) is 0 Å². The van der Waals surface area contributed by atoms with Gasteiger partial charge in [-0.15, -0.1) is 16.8 Å². The average Bonchev–Trinajstić information content (AvgIpc) is 3.50. The summed E-state index contributed by atoms with van der Waals surface area (Å²) in [5.41, 5.74) is 5.09. The lowest BCUT2D eigenvalue weighted by molar-refractivity contribution is 0.375. The molecule has 8 heteroatoms. The van der Waals surface area contributed by atoms with Crippen molar-refractivity contribution < 1.29 is 4.52 Å². The van der Waals surface area contributed by atoms with Crippen LogP contribution in [-0.4, -0.2) is 29.9 Å². The predicted octanol–water partition coefficient (Wildman–Crippen LogP) is 6.21. The maximum Gasteiger partial charge on any atom is 0.229 e. The molecule has 0 amide bonds. The Hall–Kier alpha value is -3.78. The Labute approximate surface area is 207 Å². The molecule has 0 unspecified atom stereocenters. The minimum Gasteiger partial charge on any atom is -0.339 e. The van der Waals surface area contributed by atoms with Gasteiger partial charge in [-0.05, 0) is 31.9 Å². The lowest BCUT2D eigenvalue weighted by Crippen LogP contribution is -2.02. The summed E-state index contributed by atoms with van der Waals surface area (Å²) in [5, 5.41) is 15.1. The third kappa shape index (κ3) is 4.37. The maximum atomic E-state index is 5.40. The highest BCUT2D eigenvalue weighted by Crippen LogP contribution is 2.39. The molecule has 3 heterocycles. The largest absolute Gasteiger partial charge is 0.339 e. The van der Waals surface area contributed by atoms with E-state index in [0.717, 1.165) is 57.4 Å². The molecule has 1 saturated carbocycles. The topological polar surface area (TPSA) is 82.5 Å². The van der Waals surface area contributed by atoms with Crippen molar-refractivity contribution in [1.29, 1.82) is 0 Å². The number of aryl methyl sites for hydroxylation is 1. The molecule has 6 rings (SSSR count). The summed E-state index contributed by atoms with van der Waals surface area (Å²) in [5.74, 6) is 3.23. The van der Waals surface area contributed by atoms with Crippen molar-refractivity contribution in [2.24, 2.45) is 0 Å². The van der Waals surface area contributed by atoms with Gasteiger partial charge in [0.05, 0.1) is 17.0 Å². The van der Waals surface area contributed by atoms with Crippen LogP contribution in [0.3, 0.4) is 0 Å². The normalized spacial score (nSPS) is 13.4. The number of hydrogen-bond acceptors (Lipinski definition) is 7. The van der Waals surface area contributed by atoms with Crippen molar-refractivity contribution in [1.82, 2.24) is 29.9 Å². The van der Waals surface area contributed by atoms with Gasteiger partial charge in [0.1, 0.15) is 0 Å². The molecule has 35 heavy (non-hydrogen) atoms. The zero-order valence-electron chi connectivity index (χ0n) is 19.4. The highest BCUT2D eigenvalue weighted by molar-refractivity contribution is 7.98. The van der Waals surface area contributed by atoms with E-state index >= 15 is 0 Å². The number of hydrogen-bond donors (Lipinski definition) is 0. The van der Waals surface area contributed by atoms with Gasteiger partial charge in [-0.3, -0.25) is 4.57 Å². The smallest absolute Gasteiger partial charge is 0.229 e. The Morgan fingerprint density at radius 1 is 1.09 bits per heavy atom. The van der Waals surface area contributed by atoms with E-state index in [0.29, 0.717) is 24.0 Å². The van der Waals surface area contributed by atoms with Gasteiger partial charge in [-0.2, -0.15) is 4.98 Å². The Morgan fingerprint density at radius 2 is 1.91 bits per heavy atom. The van der Waals surface area contributed by atoms with Crippen LogP contribution in [0, 0.1) is 6.92 Å². The molecule has 1 fully saturated rings. The number of thioether (sulfide) groups is 1. The maximum absolute atomic E-state index is 5.40. The number of allylic oxidation sites excluding steroid dienone is 1. The molecule has 3 aromatic heterocycles. The summed E-state index contributed by atoms with van der Waals surface area (Å²) >= 11 is 1.55. The van der Waals surface area contributed by atoms with Crippen LogP contribution in [0.1, 0.15) is 36.0 Å². The average molecular weight is 481 g/mol. The lowest BCUT2D eigenvalue weighted by Gasteiger charge is -2.12. The molecule has 0 saturated heterocycles. The van der Waals surface area contributed by atoms with Gasteiger partial charge in [0.15, 0.2) is 16.8 Å². The Balaban J connectivity index is 1.39. The zero-order chi connectivity index (χ0) is 23.8. The number of rotatable bonds is 8. The molecule has 5 aromatic rings. The van der Waals surface area contributed by atoms with Gasteiger partial charge < -0.3 is 4.52 Å². The summed E-state index contributed by atoms with van der Waals surface area (Å²) in [6.45, 7) is 6.63. The minimum absolute atomic E-state index is 0.444. The third-order valence-corrected chi connectivity index (χ3v) is 7.04. The lowest BCUT2D eigenvalue weighted by atomic mass is 10.0. The standard InChI is InChI=1S/C27H24N6OS/c1-3-14-33-25(30-31-27(33)35-16-24-29-26(34-32-24)19-12-13-19)21-15-23(18-10-8-17(2)9-11-18)28-22-7-5-4-6-20(21)22/h3-11,15,19H,1,12-14,16H2,2H3. The van der Waals surface area contributed by atoms with Crippen LogP contribution in [0.15, 0.2) is 76.9 Å². The van der Waals surface area contributed by atoms with Gasteiger partial charge in [0.2, 0.25) is 5.89 Å². The summed E-state index contributed by atoms with van der Waals surface area (Å²) in [6.07, 6.45) is 4.13. The quantitative estimate of drug-likeness (QED) is 0.193. The fourth-order valence-electron chi connectivity index (χ4n) is 4.07. The first-order chi connectivity index (χ1) is 17.2. The second-order valence-corrected chi connectivity index (χ2v) is 9.70. The number of fused-ring (bicyclic) bond motifs is 1. The molecular formula is C27H24N6OS. The van der Waals surface area contributed by atoms with Crippen molar-refractivity contribution in [2.75, 3.05) is 0 Å². The van der Waals surface area contributed by atoms with Crippen molar-refractivity contribution in [3.63, 3.8) is 0 Å². The predicted molar refractivity (Wildman–Crippen MR) is 137 cm³/mol. The van der Waals surface area contributed by atoms with Crippen molar-refractivity contribution in [3.8, 4) is 22.6 Å². The highest BCUT2D eigenvalue weighted by Gasteiger charge is 2.29. The van der Waals surface area contributed by atoms with E-state index in [1.165, 1.54) is 5.56 Å². The molecule has 0 bridgehead atoms. The monoisotopic (exact) mass is 480 g/mol. The van der Waals surface area contributed by atoms with Crippen LogP contribution in [-0.2, 0) is 12.3 Å². The fourth-order valence-corrected chi connectivity index (χ4v) is 4.86. The number of nitrogens with zero attached hydrogens (tertiary/aromatic N) is 6. The second kappa shape index (κ2) is 9.11. The molecule has 174 valence electrons. The van der Waals surface area contributed by atoms with Crippen LogP contribution in [0.4, 0.5) is 0 Å². The van der Waals surface area contributed by atoms with Crippen LogP contribution in [0.2, 0.25) is 0 Å². The summed E-state index contributed by atoms with van der Waals surface area (Å²) in [7, 11) is 0. The van der Waals surface area contributed by atoms with Gasteiger partial charge in [-0.25, -0.2) is 4.98 Å². The molecule has 7 nitrogen and oxygen atoms in total. The van der Waals surface area contributed by atoms with Crippen LogP contribution >= 0.6 is 11.8 Å². The van der Waals surface area contributed by atoms with Crippen molar-refractivity contribution in [2.45, 2.75) is 43.1 Å². The van der Waals surface area contributed by atoms with Crippen LogP contribution < -0.4 is 0 Å². The van der Waals surface area contributed by atoms with Gasteiger partial charge in [-0.1, -0.05) is 71.0 Å². The zero-order valence-corrected chi connectivity index (χ0v) is 20.2. The van der Waals surface area contributed by atoms with Crippen molar-refractivity contribution in [3.05, 3.63) is 84.5 Å². The number of pyridine rings is 1. The summed E-state index contributed by atoms with van der Waals surface area (Å²) in [6, 6.07) is 18.7. The molecule has 0 aliphatic heterocycles. The first-order valence-corrected chi connectivity index (χ1v) is 12.6. The van der Waals surface area contributed by atoms with E-state index < -0.39 is 0 Å².